The summed E-state index contributed by atoms with van der Waals surface area (Å²) in [5.74, 6) is 1.87. The number of hydrogen-bond acceptors (Lipinski definition) is 3. The quantitative estimate of drug-likeness (QED) is 0.296. The van der Waals surface area contributed by atoms with Gasteiger partial charge in [-0.25, -0.2) is 0 Å². The Labute approximate surface area is 167 Å². The fraction of sp³-hybridized carbons (Fsp3) is 0.556. The largest absolute Gasteiger partial charge is 0.491 e. The molecule has 0 aliphatic carbocycles. The van der Waals surface area contributed by atoms with Gasteiger partial charge in [0.05, 0.1) is 6.54 Å². The van der Waals surface area contributed by atoms with Crippen LogP contribution < -0.4 is 15.4 Å². The summed E-state index contributed by atoms with van der Waals surface area (Å²) in [5, 5.41) is 6.63. The summed E-state index contributed by atoms with van der Waals surface area (Å²) >= 11 is 0. The molecule has 1 amide bonds. The van der Waals surface area contributed by atoms with E-state index in [1.165, 1.54) is 0 Å². The van der Waals surface area contributed by atoms with Crippen molar-refractivity contribution in [2.45, 2.75) is 32.7 Å². The maximum absolute atomic E-state index is 11.7. The van der Waals surface area contributed by atoms with E-state index in [-0.39, 0.29) is 35.9 Å². The second-order valence-corrected chi connectivity index (χ2v) is 5.94. The molecule has 1 unspecified atom stereocenters. The van der Waals surface area contributed by atoms with E-state index in [1.807, 2.05) is 43.0 Å². The molecule has 1 aliphatic rings. The Kier molecular flexibility index (Phi) is 9.62. The van der Waals surface area contributed by atoms with E-state index in [9.17, 15) is 4.79 Å². The molecule has 2 rings (SSSR count). The molecule has 0 aromatic heterocycles. The molecule has 140 valence electrons. The van der Waals surface area contributed by atoms with Crippen LogP contribution in [0.1, 0.15) is 25.3 Å². The Hall–Kier alpha value is -1.51. The van der Waals surface area contributed by atoms with Crippen LogP contribution in [0.25, 0.3) is 0 Å². The highest BCUT2D eigenvalue weighted by Crippen LogP contribution is 2.15. The summed E-state index contributed by atoms with van der Waals surface area (Å²) in [7, 11) is 1.75. The number of nitrogens with zero attached hydrogens (tertiary/aromatic N) is 2. The Morgan fingerprint density at radius 3 is 2.84 bits per heavy atom. The molecular formula is C18H29IN4O2. The topological polar surface area (TPSA) is 66.0 Å². The monoisotopic (exact) mass is 460 g/mol. The highest BCUT2D eigenvalue weighted by atomic mass is 127. The molecule has 1 aromatic carbocycles. The predicted octanol–water partition coefficient (Wildman–Crippen LogP) is 2.17. The van der Waals surface area contributed by atoms with Crippen molar-refractivity contribution >= 4 is 35.8 Å². The van der Waals surface area contributed by atoms with Gasteiger partial charge in [-0.3, -0.25) is 9.79 Å². The van der Waals surface area contributed by atoms with E-state index in [0.717, 1.165) is 36.8 Å². The molecule has 1 aliphatic heterocycles. The minimum absolute atomic E-state index is 0. The van der Waals surface area contributed by atoms with Crippen molar-refractivity contribution in [2.75, 3.05) is 33.3 Å². The van der Waals surface area contributed by atoms with Crippen molar-refractivity contribution in [1.82, 2.24) is 15.5 Å². The van der Waals surface area contributed by atoms with Gasteiger partial charge in [0.15, 0.2) is 5.96 Å². The summed E-state index contributed by atoms with van der Waals surface area (Å²) in [6, 6.07) is 8.23. The third-order valence-electron chi connectivity index (χ3n) is 4.15. The third-order valence-corrected chi connectivity index (χ3v) is 4.15. The van der Waals surface area contributed by atoms with E-state index in [1.54, 1.807) is 7.05 Å². The normalized spacial score (nSPS) is 17.0. The number of benzene rings is 1. The lowest BCUT2D eigenvalue weighted by molar-refractivity contribution is -0.129. The molecule has 1 atom stereocenters. The summed E-state index contributed by atoms with van der Waals surface area (Å²) in [6.45, 7) is 6.73. The van der Waals surface area contributed by atoms with E-state index in [2.05, 4.69) is 15.6 Å². The molecule has 0 bridgehead atoms. The molecule has 2 N–H and O–H groups in total. The van der Waals surface area contributed by atoms with Crippen molar-refractivity contribution in [3.05, 3.63) is 29.8 Å². The first-order valence-corrected chi connectivity index (χ1v) is 8.57. The van der Waals surface area contributed by atoms with Crippen LogP contribution in [0.5, 0.6) is 5.75 Å². The van der Waals surface area contributed by atoms with Gasteiger partial charge >= 0.3 is 0 Å². The Morgan fingerprint density at radius 2 is 2.16 bits per heavy atom. The summed E-state index contributed by atoms with van der Waals surface area (Å²) in [6.07, 6.45) is 1.52. The SMILES string of the molecule is CCC(=O)N1CCC(NC(=NC)NCCOc2ccccc2C)C1.I. The van der Waals surface area contributed by atoms with Gasteiger partial charge in [-0.15, -0.1) is 24.0 Å². The average Bonchev–Trinajstić information content (AvgIpc) is 3.06. The lowest BCUT2D eigenvalue weighted by Crippen LogP contribution is -2.46. The predicted molar refractivity (Wildman–Crippen MR) is 112 cm³/mol. The van der Waals surface area contributed by atoms with Gasteiger partial charge in [-0.1, -0.05) is 25.1 Å². The van der Waals surface area contributed by atoms with Gasteiger partial charge in [0.25, 0.3) is 0 Å². The molecule has 0 spiro atoms. The number of aliphatic imine (C=N–C) groups is 1. The van der Waals surface area contributed by atoms with Crippen LogP contribution in [0.2, 0.25) is 0 Å². The number of halogens is 1. The number of ether oxygens (including phenoxy) is 1. The van der Waals surface area contributed by atoms with Gasteiger partial charge in [0.1, 0.15) is 12.4 Å². The molecule has 25 heavy (non-hydrogen) atoms. The number of para-hydroxylation sites is 1. The van der Waals surface area contributed by atoms with Gasteiger partial charge in [-0.2, -0.15) is 0 Å². The van der Waals surface area contributed by atoms with Crippen LogP contribution in [0.15, 0.2) is 29.3 Å². The van der Waals surface area contributed by atoms with Crippen LogP contribution >= 0.6 is 24.0 Å². The second kappa shape index (κ2) is 11.2. The second-order valence-electron chi connectivity index (χ2n) is 5.94. The minimum Gasteiger partial charge on any atom is -0.491 e. The highest BCUT2D eigenvalue weighted by molar-refractivity contribution is 14.0. The third kappa shape index (κ3) is 6.72. The first kappa shape index (κ1) is 21.5. The first-order chi connectivity index (χ1) is 11.6. The Morgan fingerprint density at radius 1 is 1.40 bits per heavy atom. The number of carbonyl (C=O) groups is 1. The van der Waals surface area contributed by atoms with Crippen molar-refractivity contribution in [2.24, 2.45) is 4.99 Å². The van der Waals surface area contributed by atoms with Crippen LogP contribution in [-0.4, -0.2) is 56.1 Å². The number of guanidine groups is 1. The van der Waals surface area contributed by atoms with E-state index in [0.29, 0.717) is 19.6 Å². The summed E-state index contributed by atoms with van der Waals surface area (Å²) in [4.78, 5) is 17.9. The highest BCUT2D eigenvalue weighted by Gasteiger charge is 2.25. The van der Waals surface area contributed by atoms with E-state index >= 15 is 0 Å². The zero-order valence-corrected chi connectivity index (χ0v) is 17.6. The molecule has 1 saturated heterocycles. The number of nitrogens with one attached hydrogen (secondary N) is 2. The standard InChI is InChI=1S/C18H28N4O2.HI/c1-4-17(23)22-11-9-15(13-22)21-18(19-3)20-10-12-24-16-8-6-5-7-14(16)2;/h5-8,15H,4,9-13H2,1-3H3,(H2,19,20,21);1H. The van der Waals surface area contributed by atoms with Gasteiger partial charge in [0, 0.05) is 32.6 Å². The molecule has 1 heterocycles. The van der Waals surface area contributed by atoms with Crippen molar-refractivity contribution in [1.29, 1.82) is 0 Å². The van der Waals surface area contributed by atoms with Crippen molar-refractivity contribution in [3.8, 4) is 5.75 Å². The molecule has 0 saturated carbocycles. The molecule has 1 fully saturated rings. The van der Waals surface area contributed by atoms with Crippen molar-refractivity contribution < 1.29 is 9.53 Å². The Bertz CT molecular complexity index is 580. The van der Waals surface area contributed by atoms with Gasteiger partial charge in [-0.05, 0) is 25.0 Å². The lowest BCUT2D eigenvalue weighted by atomic mass is 10.2. The first-order valence-electron chi connectivity index (χ1n) is 8.57. The zero-order chi connectivity index (χ0) is 17.4. The number of aryl methyl sites for hydroxylation is 1. The number of amides is 1. The molecule has 6 nitrogen and oxygen atoms in total. The maximum atomic E-state index is 11.7. The molecule has 1 aromatic rings. The zero-order valence-electron chi connectivity index (χ0n) is 15.2. The average molecular weight is 460 g/mol. The molecule has 0 radical (unpaired) electrons. The van der Waals surface area contributed by atoms with Crippen LogP contribution in [0, 0.1) is 6.92 Å². The molecular weight excluding hydrogens is 431 g/mol. The number of carbonyl (C=O) groups excluding carboxylic acids is 1. The van der Waals surface area contributed by atoms with Gasteiger partial charge in [0.2, 0.25) is 5.91 Å². The molecule has 7 heteroatoms. The van der Waals surface area contributed by atoms with E-state index in [4.69, 9.17) is 4.74 Å². The smallest absolute Gasteiger partial charge is 0.222 e. The van der Waals surface area contributed by atoms with E-state index < -0.39 is 0 Å². The van der Waals surface area contributed by atoms with Crippen LogP contribution in [0.3, 0.4) is 0 Å². The van der Waals surface area contributed by atoms with Crippen LogP contribution in [0.4, 0.5) is 0 Å². The lowest BCUT2D eigenvalue weighted by Gasteiger charge is -2.19. The fourth-order valence-electron chi connectivity index (χ4n) is 2.76. The summed E-state index contributed by atoms with van der Waals surface area (Å²) < 4.78 is 5.77. The van der Waals surface area contributed by atoms with Crippen molar-refractivity contribution in [3.63, 3.8) is 0 Å². The van der Waals surface area contributed by atoms with Gasteiger partial charge < -0.3 is 20.3 Å². The Balaban J connectivity index is 0.00000312. The fourth-order valence-corrected chi connectivity index (χ4v) is 2.76. The van der Waals surface area contributed by atoms with Crippen LogP contribution in [-0.2, 0) is 4.79 Å². The number of hydrogen-bond donors (Lipinski definition) is 2. The number of likely N-dealkylation sites (tertiary alicyclic amines) is 1. The number of rotatable bonds is 6. The maximum Gasteiger partial charge on any atom is 0.222 e. The minimum atomic E-state index is 0. The summed E-state index contributed by atoms with van der Waals surface area (Å²) in [5.41, 5.74) is 1.13.